The zero-order valence-corrected chi connectivity index (χ0v) is 9.52. The van der Waals surface area contributed by atoms with Gasteiger partial charge in [0.1, 0.15) is 0 Å². The van der Waals surface area contributed by atoms with Crippen molar-refractivity contribution in [2.45, 2.75) is 26.3 Å². The van der Waals surface area contributed by atoms with Gasteiger partial charge in [-0.3, -0.25) is 4.90 Å². The van der Waals surface area contributed by atoms with Crippen molar-refractivity contribution in [3.05, 3.63) is 35.9 Å². The molecule has 0 heterocycles. The number of aliphatic hydroxyl groups excluding tert-OH is 1. The second kappa shape index (κ2) is 7.43. The number of benzene rings is 1. The van der Waals surface area contributed by atoms with E-state index in [0.717, 1.165) is 32.5 Å². The number of aliphatic hydroxyl groups is 1. The van der Waals surface area contributed by atoms with Gasteiger partial charge in [-0.05, 0) is 24.9 Å². The minimum Gasteiger partial charge on any atom is -0.396 e. The van der Waals surface area contributed by atoms with Gasteiger partial charge in [0.25, 0.3) is 0 Å². The van der Waals surface area contributed by atoms with E-state index in [0.29, 0.717) is 0 Å². The second-order valence-corrected chi connectivity index (χ2v) is 3.84. The zero-order chi connectivity index (χ0) is 10.9. The molecule has 0 aliphatic heterocycles. The molecule has 0 aliphatic rings. The minimum atomic E-state index is 0.287. The molecule has 0 bridgehead atoms. The third-order valence-electron chi connectivity index (χ3n) is 2.42. The van der Waals surface area contributed by atoms with Crippen LogP contribution in [0.2, 0.25) is 0 Å². The highest BCUT2D eigenvalue weighted by Gasteiger charge is 2.03. The molecule has 1 N–H and O–H groups in total. The van der Waals surface area contributed by atoms with Crippen molar-refractivity contribution < 1.29 is 5.11 Å². The van der Waals surface area contributed by atoms with Crippen molar-refractivity contribution in [3.8, 4) is 0 Å². The van der Waals surface area contributed by atoms with Gasteiger partial charge in [-0.2, -0.15) is 0 Å². The average Bonchev–Trinajstić information content (AvgIpc) is 2.28. The first-order valence-electron chi connectivity index (χ1n) is 5.74. The van der Waals surface area contributed by atoms with Gasteiger partial charge < -0.3 is 5.11 Å². The molecule has 1 rings (SSSR count). The van der Waals surface area contributed by atoms with E-state index in [9.17, 15) is 0 Å². The first kappa shape index (κ1) is 12.2. The molecule has 0 aliphatic carbocycles. The summed E-state index contributed by atoms with van der Waals surface area (Å²) in [6.07, 6.45) is 2.03. The van der Waals surface area contributed by atoms with Crippen LogP contribution in [-0.2, 0) is 6.54 Å². The number of nitrogens with zero attached hydrogens (tertiary/aromatic N) is 1. The summed E-state index contributed by atoms with van der Waals surface area (Å²) in [4.78, 5) is 2.39. The molecule has 84 valence electrons. The third-order valence-corrected chi connectivity index (χ3v) is 2.42. The van der Waals surface area contributed by atoms with E-state index in [2.05, 4.69) is 36.1 Å². The Morgan fingerprint density at radius 1 is 1.13 bits per heavy atom. The van der Waals surface area contributed by atoms with Crippen molar-refractivity contribution in [1.29, 1.82) is 0 Å². The molecular formula is C13H21NO. The van der Waals surface area contributed by atoms with Gasteiger partial charge in [-0.1, -0.05) is 37.3 Å². The standard InChI is InChI=1S/C13H21NO/c1-2-9-14(10-6-11-15)12-13-7-4-3-5-8-13/h3-5,7-8,15H,2,6,9-12H2,1H3. The van der Waals surface area contributed by atoms with Crippen LogP contribution < -0.4 is 0 Å². The summed E-state index contributed by atoms with van der Waals surface area (Å²) in [5.41, 5.74) is 1.35. The Balaban J connectivity index is 2.43. The Bertz CT molecular complexity index is 248. The van der Waals surface area contributed by atoms with Crippen LogP contribution in [0.5, 0.6) is 0 Å². The van der Waals surface area contributed by atoms with Crippen LogP contribution in [0.3, 0.4) is 0 Å². The molecule has 0 atom stereocenters. The van der Waals surface area contributed by atoms with Gasteiger partial charge in [0.05, 0.1) is 0 Å². The van der Waals surface area contributed by atoms with Crippen LogP contribution in [0, 0.1) is 0 Å². The van der Waals surface area contributed by atoms with Crippen molar-refractivity contribution in [3.63, 3.8) is 0 Å². The van der Waals surface area contributed by atoms with Crippen LogP contribution in [0.1, 0.15) is 25.3 Å². The molecule has 1 aromatic rings. The van der Waals surface area contributed by atoms with Gasteiger partial charge >= 0.3 is 0 Å². The monoisotopic (exact) mass is 207 g/mol. The Hall–Kier alpha value is -0.860. The second-order valence-electron chi connectivity index (χ2n) is 3.84. The summed E-state index contributed by atoms with van der Waals surface area (Å²) in [7, 11) is 0. The van der Waals surface area contributed by atoms with Gasteiger partial charge in [0.15, 0.2) is 0 Å². The lowest BCUT2D eigenvalue weighted by Gasteiger charge is -2.21. The molecule has 1 aromatic carbocycles. The van der Waals surface area contributed by atoms with Gasteiger partial charge in [0, 0.05) is 19.7 Å². The fourth-order valence-corrected chi connectivity index (χ4v) is 1.72. The molecular weight excluding hydrogens is 186 g/mol. The lowest BCUT2D eigenvalue weighted by molar-refractivity contribution is 0.218. The van der Waals surface area contributed by atoms with Gasteiger partial charge in [0.2, 0.25) is 0 Å². The Morgan fingerprint density at radius 2 is 1.87 bits per heavy atom. The summed E-state index contributed by atoms with van der Waals surface area (Å²) in [5.74, 6) is 0. The fraction of sp³-hybridized carbons (Fsp3) is 0.538. The van der Waals surface area contributed by atoms with Crippen LogP contribution in [0.4, 0.5) is 0 Å². The quantitative estimate of drug-likeness (QED) is 0.741. The van der Waals surface area contributed by atoms with Crippen LogP contribution in [-0.4, -0.2) is 29.7 Å². The molecule has 0 saturated heterocycles. The molecule has 0 radical (unpaired) electrons. The van der Waals surface area contributed by atoms with Crippen LogP contribution in [0.25, 0.3) is 0 Å². The Morgan fingerprint density at radius 3 is 2.47 bits per heavy atom. The molecule has 15 heavy (non-hydrogen) atoms. The summed E-state index contributed by atoms with van der Waals surface area (Å²) in [5, 5.41) is 8.82. The molecule has 2 heteroatoms. The van der Waals surface area contributed by atoms with Crippen molar-refractivity contribution in [2.75, 3.05) is 19.7 Å². The van der Waals surface area contributed by atoms with E-state index >= 15 is 0 Å². The minimum absolute atomic E-state index is 0.287. The maximum absolute atomic E-state index is 8.82. The summed E-state index contributed by atoms with van der Waals surface area (Å²) in [6, 6.07) is 10.5. The largest absolute Gasteiger partial charge is 0.396 e. The smallest absolute Gasteiger partial charge is 0.0443 e. The maximum Gasteiger partial charge on any atom is 0.0443 e. The SMILES string of the molecule is CCCN(CCCO)Cc1ccccc1. The third kappa shape index (κ3) is 4.96. The normalized spacial score (nSPS) is 10.9. The number of hydrogen-bond acceptors (Lipinski definition) is 2. The van der Waals surface area contributed by atoms with Crippen LogP contribution >= 0.6 is 0 Å². The first-order chi connectivity index (χ1) is 7.36. The lowest BCUT2D eigenvalue weighted by atomic mass is 10.2. The van der Waals surface area contributed by atoms with E-state index in [1.165, 1.54) is 5.56 Å². The molecule has 0 amide bonds. The van der Waals surface area contributed by atoms with E-state index in [1.807, 2.05) is 6.07 Å². The lowest BCUT2D eigenvalue weighted by Crippen LogP contribution is -2.25. The number of rotatable bonds is 7. The summed E-state index contributed by atoms with van der Waals surface area (Å²) < 4.78 is 0. The van der Waals surface area contributed by atoms with Crippen molar-refractivity contribution in [1.82, 2.24) is 4.90 Å². The molecule has 0 unspecified atom stereocenters. The molecule has 0 saturated carbocycles. The van der Waals surface area contributed by atoms with Crippen molar-refractivity contribution >= 4 is 0 Å². The number of hydrogen-bond donors (Lipinski definition) is 1. The van der Waals surface area contributed by atoms with E-state index < -0.39 is 0 Å². The van der Waals surface area contributed by atoms with Crippen LogP contribution in [0.15, 0.2) is 30.3 Å². The molecule has 0 fully saturated rings. The van der Waals surface area contributed by atoms with Gasteiger partial charge in [-0.25, -0.2) is 0 Å². The fourth-order valence-electron chi connectivity index (χ4n) is 1.72. The summed E-state index contributed by atoms with van der Waals surface area (Å²) >= 11 is 0. The molecule has 0 aromatic heterocycles. The predicted molar refractivity (Wildman–Crippen MR) is 63.7 cm³/mol. The highest BCUT2D eigenvalue weighted by molar-refractivity contribution is 5.14. The predicted octanol–water partition coefficient (Wildman–Crippen LogP) is 2.28. The molecule has 2 nitrogen and oxygen atoms in total. The highest BCUT2D eigenvalue weighted by Crippen LogP contribution is 2.05. The molecule has 0 spiro atoms. The summed E-state index contributed by atoms with van der Waals surface area (Å²) in [6.45, 7) is 5.56. The van der Waals surface area contributed by atoms with Crippen molar-refractivity contribution in [2.24, 2.45) is 0 Å². The van der Waals surface area contributed by atoms with E-state index in [4.69, 9.17) is 5.11 Å². The topological polar surface area (TPSA) is 23.5 Å². The van der Waals surface area contributed by atoms with E-state index in [1.54, 1.807) is 0 Å². The first-order valence-corrected chi connectivity index (χ1v) is 5.74. The zero-order valence-electron chi connectivity index (χ0n) is 9.52. The Labute approximate surface area is 92.5 Å². The average molecular weight is 207 g/mol. The Kier molecular flexibility index (Phi) is 6.05. The maximum atomic E-state index is 8.82. The van der Waals surface area contributed by atoms with E-state index in [-0.39, 0.29) is 6.61 Å². The highest BCUT2D eigenvalue weighted by atomic mass is 16.3. The van der Waals surface area contributed by atoms with Gasteiger partial charge in [-0.15, -0.1) is 0 Å².